The molecule has 0 atom stereocenters. The molecule has 1 aromatic heterocycles. The van der Waals surface area contributed by atoms with Crippen LogP contribution < -0.4 is 10.2 Å². The van der Waals surface area contributed by atoms with Gasteiger partial charge >= 0.3 is 6.03 Å². The summed E-state index contributed by atoms with van der Waals surface area (Å²) in [4.78, 5) is 31.7. The molecule has 0 spiro atoms. The van der Waals surface area contributed by atoms with Crippen LogP contribution in [0.25, 0.3) is 11.4 Å². The van der Waals surface area contributed by atoms with Gasteiger partial charge in [-0.25, -0.2) is 14.2 Å². The fraction of sp³-hybridized carbons (Fsp3) is 0.414. The normalized spacial score (nSPS) is 17.7. The predicted octanol–water partition coefficient (Wildman–Crippen LogP) is 5.42. The SMILES string of the molecule is CN1Cc2ccc(-c3ncc(N4CCC(=O)NC4=O)n3C)cc2C1.Fc1cccc(Cl)c1COC1CCCC1. The van der Waals surface area contributed by atoms with Gasteiger partial charge in [0.1, 0.15) is 17.5 Å². The van der Waals surface area contributed by atoms with E-state index in [-0.39, 0.29) is 18.3 Å². The third kappa shape index (κ3) is 6.16. The minimum absolute atomic E-state index is 0.235. The highest BCUT2D eigenvalue weighted by atomic mass is 35.5. The number of aromatic nitrogens is 2. The molecule has 1 N–H and O–H groups in total. The van der Waals surface area contributed by atoms with E-state index in [1.807, 2.05) is 11.6 Å². The van der Waals surface area contributed by atoms with Crippen LogP contribution in [0.3, 0.4) is 0 Å². The number of rotatable bonds is 5. The maximum absolute atomic E-state index is 13.4. The summed E-state index contributed by atoms with van der Waals surface area (Å²) in [7, 11) is 4.00. The molecule has 0 unspecified atom stereocenters. The number of anilines is 1. The molecule has 6 rings (SSSR count). The molecule has 3 aromatic rings. The third-order valence-corrected chi connectivity index (χ3v) is 7.82. The van der Waals surface area contributed by atoms with Crippen LogP contribution >= 0.6 is 11.6 Å². The first kappa shape index (κ1) is 27.3. The molecule has 39 heavy (non-hydrogen) atoms. The van der Waals surface area contributed by atoms with Gasteiger partial charge < -0.3 is 9.30 Å². The summed E-state index contributed by atoms with van der Waals surface area (Å²) < 4.78 is 20.9. The van der Waals surface area contributed by atoms with Gasteiger partial charge in [-0.3, -0.25) is 19.9 Å². The van der Waals surface area contributed by atoms with E-state index in [4.69, 9.17) is 16.3 Å². The van der Waals surface area contributed by atoms with E-state index in [2.05, 4.69) is 40.4 Å². The molecule has 1 saturated carbocycles. The van der Waals surface area contributed by atoms with Crippen molar-refractivity contribution in [3.8, 4) is 11.4 Å². The molecule has 2 fully saturated rings. The topological polar surface area (TPSA) is 79.7 Å². The molecule has 8 nitrogen and oxygen atoms in total. The van der Waals surface area contributed by atoms with Crippen molar-refractivity contribution in [2.75, 3.05) is 18.5 Å². The van der Waals surface area contributed by atoms with E-state index < -0.39 is 6.03 Å². The van der Waals surface area contributed by atoms with Crippen LogP contribution in [0, 0.1) is 5.82 Å². The lowest BCUT2D eigenvalue weighted by molar-refractivity contribution is -0.120. The molecule has 3 aliphatic rings. The molecule has 1 saturated heterocycles. The van der Waals surface area contributed by atoms with E-state index >= 15 is 0 Å². The van der Waals surface area contributed by atoms with Crippen molar-refractivity contribution < 1.29 is 18.7 Å². The maximum atomic E-state index is 13.4. The lowest BCUT2D eigenvalue weighted by Crippen LogP contribution is -2.50. The van der Waals surface area contributed by atoms with Gasteiger partial charge in [0.2, 0.25) is 5.91 Å². The molecule has 3 amide bonds. The monoisotopic (exact) mass is 553 g/mol. The Morgan fingerprint density at radius 1 is 1.10 bits per heavy atom. The predicted molar refractivity (Wildman–Crippen MR) is 148 cm³/mol. The number of amides is 3. The second-order valence-electron chi connectivity index (χ2n) is 10.3. The van der Waals surface area contributed by atoms with Gasteiger partial charge in [0.25, 0.3) is 0 Å². The molecule has 10 heteroatoms. The van der Waals surface area contributed by atoms with Crippen LogP contribution in [0.1, 0.15) is 48.8 Å². The zero-order valence-electron chi connectivity index (χ0n) is 22.3. The summed E-state index contributed by atoms with van der Waals surface area (Å²) in [6.07, 6.45) is 6.89. The fourth-order valence-corrected chi connectivity index (χ4v) is 5.55. The summed E-state index contributed by atoms with van der Waals surface area (Å²) in [5.41, 5.74) is 4.18. The average molecular weight is 554 g/mol. The summed E-state index contributed by atoms with van der Waals surface area (Å²) in [6.45, 7) is 2.58. The standard InChI is InChI=1S/C17H19N5O2.C12H14ClFO/c1-20-9-12-4-3-11(7-13(12)10-20)16-18-8-15(21(16)2)22-6-5-14(23)19-17(22)24;13-11-6-3-7-12(14)10(11)8-15-9-4-1-2-5-9/h3-4,7-8H,5-6,9-10H2,1-2H3,(H,19,23,24);3,6-7,9H,1-2,4-5,8H2. The quantitative estimate of drug-likeness (QED) is 0.456. The number of hydrogen-bond donors (Lipinski definition) is 1. The van der Waals surface area contributed by atoms with Crippen molar-refractivity contribution in [2.24, 2.45) is 7.05 Å². The molecule has 1 aliphatic carbocycles. The largest absolute Gasteiger partial charge is 0.373 e. The van der Waals surface area contributed by atoms with Gasteiger partial charge in [0, 0.05) is 49.3 Å². The Bertz CT molecular complexity index is 1350. The number of imidazole rings is 1. The van der Waals surface area contributed by atoms with Crippen molar-refractivity contribution >= 4 is 29.4 Å². The van der Waals surface area contributed by atoms with Crippen molar-refractivity contribution in [3.05, 3.63) is 70.1 Å². The summed E-state index contributed by atoms with van der Waals surface area (Å²) >= 11 is 5.89. The Morgan fingerprint density at radius 3 is 2.62 bits per heavy atom. The van der Waals surface area contributed by atoms with E-state index in [0.29, 0.717) is 35.5 Å². The van der Waals surface area contributed by atoms with Crippen molar-refractivity contribution in [2.45, 2.75) is 57.9 Å². The van der Waals surface area contributed by atoms with Gasteiger partial charge in [-0.2, -0.15) is 0 Å². The van der Waals surface area contributed by atoms with Crippen LogP contribution in [0.15, 0.2) is 42.6 Å². The number of fused-ring (bicyclic) bond motifs is 1. The number of halogens is 2. The maximum Gasteiger partial charge on any atom is 0.329 e. The lowest BCUT2D eigenvalue weighted by atomic mass is 10.1. The number of imide groups is 1. The van der Waals surface area contributed by atoms with Crippen LogP contribution in [0.5, 0.6) is 0 Å². The Morgan fingerprint density at radius 2 is 1.87 bits per heavy atom. The number of carbonyl (C=O) groups is 2. The highest BCUT2D eigenvalue weighted by molar-refractivity contribution is 6.31. The molecule has 0 radical (unpaired) electrons. The molecule has 3 heterocycles. The number of nitrogens with one attached hydrogen (secondary N) is 1. The Kier molecular flexibility index (Phi) is 8.30. The van der Waals surface area contributed by atoms with Gasteiger partial charge in [-0.05, 0) is 49.2 Å². The summed E-state index contributed by atoms with van der Waals surface area (Å²) in [5.74, 6) is 0.988. The van der Waals surface area contributed by atoms with Gasteiger partial charge in [-0.1, -0.05) is 42.6 Å². The first-order chi connectivity index (χ1) is 18.8. The second-order valence-corrected chi connectivity index (χ2v) is 10.7. The summed E-state index contributed by atoms with van der Waals surface area (Å²) in [6, 6.07) is 10.7. The number of benzene rings is 2. The minimum atomic E-state index is -0.392. The Hall–Kier alpha value is -3.27. The van der Waals surface area contributed by atoms with Gasteiger partial charge in [0.05, 0.1) is 18.9 Å². The minimum Gasteiger partial charge on any atom is -0.373 e. The molecule has 2 aliphatic heterocycles. The smallest absolute Gasteiger partial charge is 0.329 e. The highest BCUT2D eigenvalue weighted by Gasteiger charge is 2.27. The molecule has 206 valence electrons. The van der Waals surface area contributed by atoms with Crippen molar-refractivity contribution in [1.82, 2.24) is 19.8 Å². The van der Waals surface area contributed by atoms with Crippen LogP contribution in [0.2, 0.25) is 5.02 Å². The van der Waals surface area contributed by atoms with Gasteiger partial charge in [0.15, 0.2) is 0 Å². The van der Waals surface area contributed by atoms with Crippen LogP contribution in [-0.4, -0.2) is 46.1 Å². The Balaban J connectivity index is 0.000000177. The summed E-state index contributed by atoms with van der Waals surface area (Å²) in [5, 5.41) is 2.80. The van der Waals surface area contributed by atoms with E-state index in [0.717, 1.165) is 37.3 Å². The second kappa shape index (κ2) is 11.9. The van der Waals surface area contributed by atoms with Crippen molar-refractivity contribution in [3.63, 3.8) is 0 Å². The first-order valence-corrected chi connectivity index (χ1v) is 13.7. The number of nitrogens with zero attached hydrogens (tertiary/aromatic N) is 4. The number of carbonyl (C=O) groups excluding carboxylic acids is 2. The van der Waals surface area contributed by atoms with E-state index in [1.165, 1.54) is 30.0 Å². The number of hydrogen-bond acceptors (Lipinski definition) is 5. The molecule has 0 bridgehead atoms. The number of urea groups is 1. The third-order valence-electron chi connectivity index (χ3n) is 7.47. The lowest BCUT2D eigenvalue weighted by Gasteiger charge is -2.26. The number of ether oxygens (including phenoxy) is 1. The van der Waals surface area contributed by atoms with E-state index in [1.54, 1.807) is 23.2 Å². The molecular weight excluding hydrogens is 521 g/mol. The Labute approximate surface area is 232 Å². The van der Waals surface area contributed by atoms with Gasteiger partial charge in [-0.15, -0.1) is 0 Å². The van der Waals surface area contributed by atoms with E-state index in [9.17, 15) is 14.0 Å². The van der Waals surface area contributed by atoms with Crippen LogP contribution in [-0.2, 0) is 36.3 Å². The van der Waals surface area contributed by atoms with Crippen molar-refractivity contribution in [1.29, 1.82) is 0 Å². The first-order valence-electron chi connectivity index (χ1n) is 13.3. The van der Waals surface area contributed by atoms with Crippen LogP contribution in [0.4, 0.5) is 15.0 Å². The zero-order valence-corrected chi connectivity index (χ0v) is 23.0. The zero-order chi connectivity index (χ0) is 27.5. The fourth-order valence-electron chi connectivity index (χ4n) is 5.33. The average Bonchev–Trinajstić information content (AvgIpc) is 3.64. The molecule has 2 aromatic carbocycles. The molecular formula is C29H33ClFN5O3. The highest BCUT2D eigenvalue weighted by Crippen LogP contribution is 2.30.